The number of thioether (sulfide) groups is 1. The minimum Gasteiger partial charge on any atom is -0.377 e. The summed E-state index contributed by atoms with van der Waals surface area (Å²) in [6.45, 7) is 0. The second-order valence-corrected chi connectivity index (χ2v) is 6.77. The van der Waals surface area contributed by atoms with E-state index >= 15 is 0 Å². The van der Waals surface area contributed by atoms with E-state index in [1.54, 1.807) is 12.1 Å². The lowest BCUT2D eigenvalue weighted by Crippen LogP contribution is -2.13. The van der Waals surface area contributed by atoms with Crippen molar-refractivity contribution in [3.63, 3.8) is 0 Å². The quantitative estimate of drug-likeness (QED) is 0.412. The number of para-hydroxylation sites is 1. The van der Waals surface area contributed by atoms with Crippen LogP contribution in [0.5, 0.6) is 0 Å². The molecule has 9 heteroatoms. The van der Waals surface area contributed by atoms with E-state index in [0.717, 1.165) is 12.8 Å². The number of benzene rings is 2. The van der Waals surface area contributed by atoms with Gasteiger partial charge in [0, 0.05) is 22.6 Å². The van der Waals surface area contributed by atoms with Crippen LogP contribution in [0.3, 0.4) is 0 Å². The molecule has 1 fully saturated rings. The molecule has 2 N–H and O–H groups in total. The molecule has 0 saturated heterocycles. The number of halogens is 2. The van der Waals surface area contributed by atoms with Crippen LogP contribution < -0.4 is 10.6 Å². The highest BCUT2D eigenvalue weighted by Crippen LogP contribution is 2.33. The summed E-state index contributed by atoms with van der Waals surface area (Å²) in [4.78, 5) is 23.4. The summed E-state index contributed by atoms with van der Waals surface area (Å²) in [6.07, 6.45) is 1.91. The molecule has 2 aromatic carbocycles. The van der Waals surface area contributed by atoms with Gasteiger partial charge in [0.1, 0.15) is 5.69 Å². The zero-order chi connectivity index (χ0) is 18.7. The average Bonchev–Trinajstić information content (AvgIpc) is 3.40. The minimum absolute atomic E-state index is 0.0786. The molecule has 6 nitrogen and oxygen atoms in total. The van der Waals surface area contributed by atoms with Gasteiger partial charge in [-0.25, -0.2) is 0 Å². The molecule has 136 valence electrons. The number of nitrogens with one attached hydrogen (secondary N) is 2. The molecule has 0 spiro atoms. The standard InChI is InChI=1S/C17H15F2N3O3S/c18-17(19)26-15-4-2-1-3-13(15)21-16(23)10-5-8-12(20-11-6-7-11)14(9-10)22(24)25/h1-5,8-9,11,17,20H,6-7H2,(H,21,23). The number of alkyl halides is 2. The second kappa shape index (κ2) is 7.69. The number of nitrogens with zero attached hydrogens (tertiary/aromatic N) is 1. The summed E-state index contributed by atoms with van der Waals surface area (Å²) in [6, 6.07) is 10.5. The average molecular weight is 379 g/mol. The first kappa shape index (κ1) is 18.1. The Morgan fingerprint density at radius 2 is 1.92 bits per heavy atom. The zero-order valence-electron chi connectivity index (χ0n) is 13.4. The van der Waals surface area contributed by atoms with Crippen LogP contribution in [-0.4, -0.2) is 22.6 Å². The van der Waals surface area contributed by atoms with Crippen molar-refractivity contribution in [1.82, 2.24) is 0 Å². The second-order valence-electron chi connectivity index (χ2n) is 5.74. The van der Waals surface area contributed by atoms with Crippen molar-refractivity contribution >= 4 is 34.7 Å². The SMILES string of the molecule is O=C(Nc1ccccc1SC(F)F)c1ccc(NC2CC2)c([N+](=O)[O-])c1. The Hall–Kier alpha value is -2.68. The van der Waals surface area contributed by atoms with Crippen molar-refractivity contribution in [2.45, 2.75) is 29.5 Å². The molecule has 0 radical (unpaired) electrons. The molecule has 0 aliphatic heterocycles. The van der Waals surface area contributed by atoms with E-state index in [1.807, 2.05) is 0 Å². The number of hydrogen-bond acceptors (Lipinski definition) is 5. The van der Waals surface area contributed by atoms with E-state index in [9.17, 15) is 23.7 Å². The summed E-state index contributed by atoms with van der Waals surface area (Å²) in [5, 5.41) is 16.9. The van der Waals surface area contributed by atoms with Crippen LogP contribution >= 0.6 is 11.8 Å². The summed E-state index contributed by atoms with van der Waals surface area (Å²) in [7, 11) is 0. The van der Waals surface area contributed by atoms with Gasteiger partial charge in [-0.3, -0.25) is 14.9 Å². The van der Waals surface area contributed by atoms with Gasteiger partial charge in [0.25, 0.3) is 17.4 Å². The third kappa shape index (κ3) is 4.48. The predicted octanol–water partition coefficient (Wildman–Crippen LogP) is 4.74. The topological polar surface area (TPSA) is 84.3 Å². The molecule has 2 aromatic rings. The summed E-state index contributed by atoms with van der Waals surface area (Å²) >= 11 is 0.320. The maximum Gasteiger partial charge on any atom is 0.293 e. The molecule has 26 heavy (non-hydrogen) atoms. The third-order valence-corrected chi connectivity index (χ3v) is 4.53. The van der Waals surface area contributed by atoms with Crippen molar-refractivity contribution < 1.29 is 18.5 Å². The van der Waals surface area contributed by atoms with E-state index in [-0.39, 0.29) is 27.9 Å². The van der Waals surface area contributed by atoms with Crippen molar-refractivity contribution in [3.05, 3.63) is 58.1 Å². The number of anilines is 2. The summed E-state index contributed by atoms with van der Waals surface area (Å²) in [5.41, 5.74) is 0.475. The highest BCUT2D eigenvalue weighted by atomic mass is 32.2. The number of carbonyl (C=O) groups is 1. The van der Waals surface area contributed by atoms with Crippen LogP contribution in [-0.2, 0) is 0 Å². The number of rotatable bonds is 7. The van der Waals surface area contributed by atoms with E-state index in [1.165, 1.54) is 30.3 Å². The van der Waals surface area contributed by atoms with E-state index in [0.29, 0.717) is 17.4 Å². The maximum absolute atomic E-state index is 12.6. The van der Waals surface area contributed by atoms with Crippen molar-refractivity contribution in [2.75, 3.05) is 10.6 Å². The van der Waals surface area contributed by atoms with Crippen molar-refractivity contribution in [3.8, 4) is 0 Å². The van der Waals surface area contributed by atoms with Gasteiger partial charge in [0.2, 0.25) is 0 Å². The molecule has 1 amide bonds. The molecule has 1 saturated carbocycles. The lowest BCUT2D eigenvalue weighted by atomic mass is 10.1. The Kier molecular flexibility index (Phi) is 5.36. The monoisotopic (exact) mass is 379 g/mol. The van der Waals surface area contributed by atoms with Crippen LogP contribution in [0.1, 0.15) is 23.2 Å². The van der Waals surface area contributed by atoms with Gasteiger partial charge in [-0.1, -0.05) is 23.9 Å². The molecule has 0 heterocycles. The highest BCUT2D eigenvalue weighted by Gasteiger charge is 2.25. The van der Waals surface area contributed by atoms with Gasteiger partial charge in [-0.05, 0) is 37.1 Å². The largest absolute Gasteiger partial charge is 0.377 e. The fourth-order valence-electron chi connectivity index (χ4n) is 2.36. The maximum atomic E-state index is 12.6. The molecular formula is C17H15F2N3O3S. The Balaban J connectivity index is 1.82. The van der Waals surface area contributed by atoms with Crippen LogP contribution in [0.25, 0.3) is 0 Å². The van der Waals surface area contributed by atoms with Gasteiger partial charge in [-0.2, -0.15) is 8.78 Å². The first-order chi connectivity index (χ1) is 12.4. The van der Waals surface area contributed by atoms with Crippen molar-refractivity contribution in [2.24, 2.45) is 0 Å². The predicted molar refractivity (Wildman–Crippen MR) is 96.0 cm³/mol. The fraction of sp³-hybridized carbons (Fsp3) is 0.235. The number of amides is 1. The Morgan fingerprint density at radius 1 is 1.19 bits per heavy atom. The van der Waals surface area contributed by atoms with Gasteiger partial charge in [-0.15, -0.1) is 0 Å². The Labute approximate surface area is 152 Å². The van der Waals surface area contributed by atoms with Crippen LogP contribution in [0.15, 0.2) is 47.4 Å². The number of hydrogen-bond donors (Lipinski definition) is 2. The molecular weight excluding hydrogens is 364 g/mol. The van der Waals surface area contributed by atoms with Crippen LogP contribution in [0, 0.1) is 10.1 Å². The van der Waals surface area contributed by atoms with E-state index < -0.39 is 16.6 Å². The smallest absolute Gasteiger partial charge is 0.293 e. The first-order valence-electron chi connectivity index (χ1n) is 7.84. The summed E-state index contributed by atoms with van der Waals surface area (Å²) < 4.78 is 25.2. The Bertz CT molecular complexity index is 844. The molecule has 3 rings (SSSR count). The number of carbonyl (C=O) groups excluding carboxylic acids is 1. The molecule has 1 aliphatic rings. The van der Waals surface area contributed by atoms with Gasteiger partial charge in [0.15, 0.2) is 0 Å². The van der Waals surface area contributed by atoms with Gasteiger partial charge < -0.3 is 10.6 Å². The molecule has 0 bridgehead atoms. The molecule has 0 aromatic heterocycles. The van der Waals surface area contributed by atoms with Crippen LogP contribution in [0.2, 0.25) is 0 Å². The lowest BCUT2D eigenvalue weighted by molar-refractivity contribution is -0.384. The van der Waals surface area contributed by atoms with E-state index in [4.69, 9.17) is 0 Å². The number of nitro benzene ring substituents is 1. The highest BCUT2D eigenvalue weighted by molar-refractivity contribution is 7.99. The lowest BCUT2D eigenvalue weighted by Gasteiger charge is -2.11. The molecule has 0 unspecified atom stereocenters. The van der Waals surface area contributed by atoms with Gasteiger partial charge >= 0.3 is 0 Å². The Morgan fingerprint density at radius 3 is 2.58 bits per heavy atom. The summed E-state index contributed by atoms with van der Waals surface area (Å²) in [5.74, 6) is -3.23. The normalized spacial score (nSPS) is 13.5. The zero-order valence-corrected chi connectivity index (χ0v) is 14.3. The molecule has 1 aliphatic carbocycles. The molecule has 0 atom stereocenters. The van der Waals surface area contributed by atoms with Crippen LogP contribution in [0.4, 0.5) is 25.8 Å². The van der Waals surface area contributed by atoms with Gasteiger partial charge in [0.05, 0.1) is 10.6 Å². The first-order valence-corrected chi connectivity index (χ1v) is 8.72. The third-order valence-electron chi connectivity index (χ3n) is 3.74. The van der Waals surface area contributed by atoms with E-state index in [2.05, 4.69) is 10.6 Å². The number of nitro groups is 1. The fourth-order valence-corrected chi connectivity index (χ4v) is 2.95. The van der Waals surface area contributed by atoms with Crippen molar-refractivity contribution in [1.29, 1.82) is 0 Å². The minimum atomic E-state index is -2.62.